The van der Waals surface area contributed by atoms with Crippen LogP contribution in [0.15, 0.2) is 27.6 Å². The average molecular weight is 296 g/mol. The molecule has 2 rings (SSSR count). The Kier molecular flexibility index (Phi) is 4.05. The molecule has 0 amide bonds. The van der Waals surface area contributed by atoms with Crippen molar-refractivity contribution in [2.75, 3.05) is 12.3 Å². The Morgan fingerprint density at radius 1 is 1.35 bits per heavy atom. The highest BCUT2D eigenvalue weighted by atomic mass is 32.2. The zero-order chi connectivity index (χ0) is 14.8. The average Bonchev–Trinajstić information content (AvgIpc) is 2.78. The summed E-state index contributed by atoms with van der Waals surface area (Å²) >= 11 is 0. The zero-order valence-corrected chi connectivity index (χ0v) is 12.1. The van der Waals surface area contributed by atoms with Crippen molar-refractivity contribution in [2.24, 2.45) is 0 Å². The van der Waals surface area contributed by atoms with Gasteiger partial charge in [-0.05, 0) is 24.6 Å². The van der Waals surface area contributed by atoms with E-state index < -0.39 is 10.0 Å². The maximum absolute atomic E-state index is 12.2. The Morgan fingerprint density at radius 2 is 2.10 bits per heavy atom. The maximum Gasteiger partial charge on any atom is 0.240 e. The van der Waals surface area contributed by atoms with E-state index in [0.717, 1.165) is 0 Å². The van der Waals surface area contributed by atoms with Gasteiger partial charge in [-0.1, -0.05) is 11.2 Å². The molecule has 0 bridgehead atoms. The molecule has 0 atom stereocenters. The van der Waals surface area contributed by atoms with Crippen molar-refractivity contribution in [3.63, 3.8) is 0 Å². The minimum Gasteiger partial charge on any atom is -0.399 e. The standard InChI is InChI=1S/C12H16N4O3S/c1-8-3-4-10(13)7-11(8)20(17,18)14-6-5-12-15-9(2)19-16-12/h3-4,7,14H,5-6,13H2,1-2H3. The smallest absolute Gasteiger partial charge is 0.240 e. The van der Waals surface area contributed by atoms with Gasteiger partial charge in [0.25, 0.3) is 0 Å². The van der Waals surface area contributed by atoms with Crippen LogP contribution >= 0.6 is 0 Å². The van der Waals surface area contributed by atoms with Gasteiger partial charge in [0.15, 0.2) is 5.82 Å². The molecule has 0 radical (unpaired) electrons. The third kappa shape index (κ3) is 3.34. The molecule has 7 nitrogen and oxygen atoms in total. The summed E-state index contributed by atoms with van der Waals surface area (Å²) in [7, 11) is -3.59. The van der Waals surface area contributed by atoms with Crippen molar-refractivity contribution in [2.45, 2.75) is 25.2 Å². The van der Waals surface area contributed by atoms with Gasteiger partial charge in [-0.25, -0.2) is 13.1 Å². The molecule has 0 aliphatic heterocycles. The molecule has 0 aliphatic carbocycles. The largest absolute Gasteiger partial charge is 0.399 e. The second-order valence-electron chi connectivity index (χ2n) is 4.40. The van der Waals surface area contributed by atoms with Crippen LogP contribution in [0.2, 0.25) is 0 Å². The quantitative estimate of drug-likeness (QED) is 0.789. The monoisotopic (exact) mass is 296 g/mol. The number of nitrogens with two attached hydrogens (primary N) is 1. The molecule has 20 heavy (non-hydrogen) atoms. The summed E-state index contributed by atoms with van der Waals surface area (Å²) in [6.07, 6.45) is 0.359. The second kappa shape index (κ2) is 5.59. The van der Waals surface area contributed by atoms with Crippen LogP contribution < -0.4 is 10.5 Å². The van der Waals surface area contributed by atoms with Gasteiger partial charge in [-0.2, -0.15) is 4.98 Å². The molecule has 0 aliphatic rings. The normalized spacial score (nSPS) is 11.7. The summed E-state index contributed by atoms with van der Waals surface area (Å²) in [5.41, 5.74) is 6.67. The topological polar surface area (TPSA) is 111 Å². The second-order valence-corrected chi connectivity index (χ2v) is 6.14. The predicted octanol–water partition coefficient (Wildman–Crippen LogP) is 0.790. The highest BCUT2D eigenvalue weighted by Crippen LogP contribution is 2.17. The van der Waals surface area contributed by atoms with Crippen molar-refractivity contribution in [1.82, 2.24) is 14.9 Å². The fourth-order valence-corrected chi connectivity index (χ4v) is 3.03. The zero-order valence-electron chi connectivity index (χ0n) is 11.3. The minimum absolute atomic E-state index is 0.182. The summed E-state index contributed by atoms with van der Waals surface area (Å²) in [6, 6.07) is 4.78. The molecule has 1 aromatic heterocycles. The third-order valence-electron chi connectivity index (χ3n) is 2.71. The fourth-order valence-electron chi connectivity index (χ4n) is 1.72. The van der Waals surface area contributed by atoms with Crippen LogP contribution in [-0.2, 0) is 16.4 Å². The van der Waals surface area contributed by atoms with Gasteiger partial charge in [-0.15, -0.1) is 0 Å². The SMILES string of the molecule is Cc1nc(CCNS(=O)(=O)c2cc(N)ccc2C)no1. The van der Waals surface area contributed by atoms with E-state index in [2.05, 4.69) is 14.9 Å². The van der Waals surface area contributed by atoms with Crippen molar-refractivity contribution >= 4 is 15.7 Å². The van der Waals surface area contributed by atoms with Crippen LogP contribution in [0.4, 0.5) is 5.69 Å². The molecule has 1 aromatic carbocycles. The van der Waals surface area contributed by atoms with Crippen molar-refractivity contribution < 1.29 is 12.9 Å². The lowest BCUT2D eigenvalue weighted by Crippen LogP contribution is -2.27. The van der Waals surface area contributed by atoms with E-state index in [4.69, 9.17) is 10.3 Å². The molecule has 3 N–H and O–H groups in total. The van der Waals surface area contributed by atoms with Gasteiger partial charge < -0.3 is 10.3 Å². The van der Waals surface area contributed by atoms with Gasteiger partial charge in [0.1, 0.15) is 0 Å². The van der Waals surface area contributed by atoms with E-state index >= 15 is 0 Å². The number of nitrogens with one attached hydrogen (secondary N) is 1. The molecule has 1 heterocycles. The minimum atomic E-state index is -3.59. The first-order valence-corrected chi connectivity index (χ1v) is 7.52. The van der Waals surface area contributed by atoms with Gasteiger partial charge in [0, 0.05) is 25.6 Å². The van der Waals surface area contributed by atoms with E-state index in [1.54, 1.807) is 26.0 Å². The molecular weight excluding hydrogens is 280 g/mol. The summed E-state index contributed by atoms with van der Waals surface area (Å²) in [5, 5.41) is 3.70. The first-order valence-electron chi connectivity index (χ1n) is 6.03. The molecule has 0 fully saturated rings. The van der Waals surface area contributed by atoms with Gasteiger partial charge in [0.05, 0.1) is 4.90 Å². The number of sulfonamides is 1. The summed E-state index contributed by atoms with van der Waals surface area (Å²) in [4.78, 5) is 4.18. The highest BCUT2D eigenvalue weighted by Gasteiger charge is 2.17. The lowest BCUT2D eigenvalue weighted by atomic mass is 10.2. The lowest BCUT2D eigenvalue weighted by molar-refractivity contribution is 0.387. The van der Waals surface area contributed by atoms with Gasteiger partial charge in [-0.3, -0.25) is 0 Å². The summed E-state index contributed by atoms with van der Waals surface area (Å²) in [6.45, 7) is 3.59. The maximum atomic E-state index is 12.2. The number of aromatic nitrogens is 2. The van der Waals surface area contributed by atoms with Crippen molar-refractivity contribution in [3.05, 3.63) is 35.5 Å². The van der Waals surface area contributed by atoms with Crippen LogP contribution in [0.25, 0.3) is 0 Å². The van der Waals surface area contributed by atoms with Crippen molar-refractivity contribution in [1.29, 1.82) is 0 Å². The summed E-state index contributed by atoms with van der Waals surface area (Å²) in [5.74, 6) is 0.920. The number of hydrogen-bond acceptors (Lipinski definition) is 6. The first-order chi connectivity index (χ1) is 9.38. The number of nitrogen functional groups attached to an aromatic ring is 1. The number of rotatable bonds is 5. The molecule has 8 heteroatoms. The Balaban J connectivity index is 2.06. The van der Waals surface area contributed by atoms with E-state index in [-0.39, 0.29) is 11.4 Å². The Labute approximate surface area is 117 Å². The molecule has 0 spiro atoms. The molecule has 108 valence electrons. The number of anilines is 1. The van der Waals surface area contributed by atoms with Crippen LogP contribution in [0.1, 0.15) is 17.3 Å². The number of hydrogen-bond donors (Lipinski definition) is 2. The molecule has 2 aromatic rings. The van der Waals surface area contributed by atoms with Gasteiger partial charge >= 0.3 is 0 Å². The van der Waals surface area contributed by atoms with Crippen molar-refractivity contribution in [3.8, 4) is 0 Å². The molecule has 0 saturated carbocycles. The number of aryl methyl sites for hydroxylation is 2. The predicted molar refractivity (Wildman–Crippen MR) is 73.5 cm³/mol. The Bertz CT molecular complexity index is 709. The van der Waals surface area contributed by atoms with E-state index in [0.29, 0.717) is 29.4 Å². The number of nitrogens with zero attached hydrogens (tertiary/aromatic N) is 2. The molecule has 0 saturated heterocycles. The summed E-state index contributed by atoms with van der Waals surface area (Å²) < 4.78 is 31.6. The number of benzene rings is 1. The van der Waals surface area contributed by atoms with Crippen LogP contribution in [-0.4, -0.2) is 25.1 Å². The third-order valence-corrected chi connectivity index (χ3v) is 4.32. The Hall–Kier alpha value is -1.93. The van der Waals surface area contributed by atoms with E-state index in [1.165, 1.54) is 6.07 Å². The molecule has 0 unspecified atom stereocenters. The Morgan fingerprint density at radius 3 is 2.75 bits per heavy atom. The highest BCUT2D eigenvalue weighted by molar-refractivity contribution is 7.89. The first kappa shape index (κ1) is 14.5. The van der Waals surface area contributed by atoms with E-state index in [9.17, 15) is 8.42 Å². The van der Waals surface area contributed by atoms with Crippen LogP contribution in [0, 0.1) is 13.8 Å². The van der Waals surface area contributed by atoms with Gasteiger partial charge in [0.2, 0.25) is 15.9 Å². The lowest BCUT2D eigenvalue weighted by Gasteiger charge is -2.09. The van der Waals surface area contributed by atoms with Crippen LogP contribution in [0.5, 0.6) is 0 Å². The fraction of sp³-hybridized carbons (Fsp3) is 0.333. The molecular formula is C12H16N4O3S. The van der Waals surface area contributed by atoms with Crippen LogP contribution in [0.3, 0.4) is 0 Å². The van der Waals surface area contributed by atoms with E-state index in [1.807, 2.05) is 0 Å².